The molecule has 0 unspecified atom stereocenters. The lowest BCUT2D eigenvalue weighted by Gasteiger charge is -2.03. The van der Waals surface area contributed by atoms with Crippen molar-refractivity contribution in [2.75, 3.05) is 0 Å². The van der Waals surface area contributed by atoms with Gasteiger partial charge in [-0.25, -0.2) is 0 Å². The van der Waals surface area contributed by atoms with Gasteiger partial charge in [0.15, 0.2) is 0 Å². The molecule has 0 saturated carbocycles. The Hall–Kier alpha value is -1.64. The summed E-state index contributed by atoms with van der Waals surface area (Å²) >= 11 is 0. The lowest BCUT2D eigenvalue weighted by molar-refractivity contribution is 0.935. The van der Waals surface area contributed by atoms with E-state index in [4.69, 9.17) is 0 Å². The second-order valence-electron chi connectivity index (χ2n) is 3.42. The molecule has 3 nitrogen and oxygen atoms in total. The number of hydrogen-bond acceptors (Lipinski definition) is 2. The number of aryl methyl sites for hydroxylation is 2. The van der Waals surface area contributed by atoms with Gasteiger partial charge >= 0.3 is 0 Å². The van der Waals surface area contributed by atoms with Crippen LogP contribution in [0.4, 0.5) is 0 Å². The highest BCUT2D eigenvalue weighted by Gasteiger charge is 2.03. The summed E-state index contributed by atoms with van der Waals surface area (Å²) < 4.78 is 0. The second-order valence-corrected chi connectivity index (χ2v) is 3.42. The maximum Gasteiger partial charge on any atom is 0.0677 e. The molecule has 2 aromatic heterocycles. The first kappa shape index (κ1) is 8.94. The summed E-state index contributed by atoms with van der Waals surface area (Å²) in [6.07, 6.45) is 4.55. The van der Waals surface area contributed by atoms with E-state index in [1.165, 1.54) is 5.69 Å². The first-order chi connectivity index (χ1) is 6.75. The van der Waals surface area contributed by atoms with Gasteiger partial charge in [0.05, 0.1) is 17.1 Å². The molecule has 0 aliphatic rings. The molecule has 0 saturated heterocycles. The number of hydrogen-bond donors (Lipinski definition) is 1. The van der Waals surface area contributed by atoms with E-state index in [9.17, 15) is 0 Å². The number of aromatic nitrogens is 3. The van der Waals surface area contributed by atoms with E-state index >= 15 is 0 Å². The minimum Gasteiger partial charge on any atom is -0.365 e. The number of H-pyrrole nitrogens is 1. The van der Waals surface area contributed by atoms with E-state index in [0.29, 0.717) is 0 Å². The van der Waals surface area contributed by atoms with Gasteiger partial charge in [0.1, 0.15) is 0 Å². The number of rotatable bonds is 2. The highest BCUT2D eigenvalue weighted by atomic mass is 14.8. The number of nitrogens with one attached hydrogen (secondary N) is 1. The first-order valence-corrected chi connectivity index (χ1v) is 4.67. The van der Waals surface area contributed by atoms with Crippen LogP contribution in [0.2, 0.25) is 0 Å². The number of nitrogens with zero attached hydrogens (tertiary/aromatic N) is 2. The molecule has 14 heavy (non-hydrogen) atoms. The summed E-state index contributed by atoms with van der Waals surface area (Å²) in [6.45, 7) is 3.95. The number of aromatic amines is 1. The van der Waals surface area contributed by atoms with Crippen molar-refractivity contribution in [2.45, 2.75) is 20.3 Å². The Balaban J connectivity index is 2.28. The van der Waals surface area contributed by atoms with Crippen molar-refractivity contribution in [2.24, 2.45) is 0 Å². The molecule has 0 bridgehead atoms. The van der Waals surface area contributed by atoms with Gasteiger partial charge in [-0.1, -0.05) is 0 Å². The molecule has 2 rings (SSSR count). The van der Waals surface area contributed by atoms with Crippen LogP contribution in [0.25, 0.3) is 0 Å². The van der Waals surface area contributed by atoms with Gasteiger partial charge in [-0.05, 0) is 26.0 Å². The van der Waals surface area contributed by atoms with Gasteiger partial charge in [-0.15, -0.1) is 0 Å². The molecule has 0 aromatic carbocycles. The van der Waals surface area contributed by atoms with Crippen molar-refractivity contribution in [1.29, 1.82) is 0 Å². The fourth-order valence-corrected chi connectivity index (χ4v) is 1.41. The highest BCUT2D eigenvalue weighted by Crippen LogP contribution is 2.08. The zero-order valence-corrected chi connectivity index (χ0v) is 8.41. The second kappa shape index (κ2) is 3.62. The van der Waals surface area contributed by atoms with Gasteiger partial charge in [0, 0.05) is 24.5 Å². The molecular weight excluding hydrogens is 174 g/mol. The van der Waals surface area contributed by atoms with Crippen molar-refractivity contribution in [3.05, 3.63) is 47.3 Å². The predicted octanol–water partition coefficient (Wildman–Crippen LogP) is 2.01. The molecule has 2 aromatic rings. The third-order valence-corrected chi connectivity index (χ3v) is 2.19. The average Bonchev–Trinajstić information content (AvgIpc) is 2.64. The van der Waals surface area contributed by atoms with Crippen LogP contribution in [0.3, 0.4) is 0 Å². The third kappa shape index (κ3) is 1.82. The molecule has 2 heterocycles. The fourth-order valence-electron chi connectivity index (χ4n) is 1.41. The van der Waals surface area contributed by atoms with Crippen molar-refractivity contribution < 1.29 is 0 Å². The minimum absolute atomic E-state index is 0.827. The molecule has 3 heteroatoms. The van der Waals surface area contributed by atoms with Crippen LogP contribution in [0.15, 0.2) is 24.5 Å². The smallest absolute Gasteiger partial charge is 0.0677 e. The standard InChI is InChI=1S/C11H13N3/c1-8-7-13-9(2)11(14-8)6-10-4-3-5-12-10/h3-5,7,12H,6H2,1-2H3. The quantitative estimate of drug-likeness (QED) is 0.781. The zero-order chi connectivity index (χ0) is 9.97. The van der Waals surface area contributed by atoms with E-state index in [-0.39, 0.29) is 0 Å². The Labute approximate surface area is 83.2 Å². The van der Waals surface area contributed by atoms with E-state index in [1.807, 2.05) is 26.1 Å². The van der Waals surface area contributed by atoms with Crippen LogP contribution in [-0.4, -0.2) is 15.0 Å². The lowest BCUT2D eigenvalue weighted by atomic mass is 10.2. The van der Waals surface area contributed by atoms with Crippen LogP contribution >= 0.6 is 0 Å². The Morgan fingerprint density at radius 1 is 1.36 bits per heavy atom. The SMILES string of the molecule is Cc1cnc(C)c(Cc2ccc[nH]2)n1. The summed E-state index contributed by atoms with van der Waals surface area (Å²) in [6, 6.07) is 4.05. The largest absolute Gasteiger partial charge is 0.365 e. The molecule has 1 N–H and O–H groups in total. The summed E-state index contributed by atoms with van der Waals surface area (Å²) in [5.74, 6) is 0. The maximum absolute atomic E-state index is 4.47. The highest BCUT2D eigenvalue weighted by molar-refractivity contribution is 5.19. The molecule has 0 atom stereocenters. The van der Waals surface area contributed by atoms with Crippen LogP contribution in [-0.2, 0) is 6.42 Å². The van der Waals surface area contributed by atoms with E-state index in [1.54, 1.807) is 6.20 Å². The van der Waals surface area contributed by atoms with E-state index < -0.39 is 0 Å². The monoisotopic (exact) mass is 187 g/mol. The summed E-state index contributed by atoms with van der Waals surface area (Å²) in [5.41, 5.74) is 4.20. The summed E-state index contributed by atoms with van der Waals surface area (Å²) in [7, 11) is 0. The summed E-state index contributed by atoms with van der Waals surface area (Å²) in [5, 5.41) is 0. The fraction of sp³-hybridized carbons (Fsp3) is 0.273. The van der Waals surface area contributed by atoms with Gasteiger partial charge in [0.2, 0.25) is 0 Å². The van der Waals surface area contributed by atoms with E-state index in [0.717, 1.165) is 23.5 Å². The Kier molecular flexibility index (Phi) is 2.31. The van der Waals surface area contributed by atoms with Crippen LogP contribution in [0.5, 0.6) is 0 Å². The molecular formula is C11H13N3. The first-order valence-electron chi connectivity index (χ1n) is 4.67. The van der Waals surface area contributed by atoms with Gasteiger partial charge in [-0.3, -0.25) is 9.97 Å². The van der Waals surface area contributed by atoms with Gasteiger partial charge < -0.3 is 4.98 Å². The van der Waals surface area contributed by atoms with Crippen molar-refractivity contribution in [1.82, 2.24) is 15.0 Å². The van der Waals surface area contributed by atoms with Crippen LogP contribution < -0.4 is 0 Å². The Morgan fingerprint density at radius 3 is 2.93 bits per heavy atom. The normalized spacial score (nSPS) is 10.4. The summed E-state index contributed by atoms with van der Waals surface area (Å²) in [4.78, 5) is 11.9. The van der Waals surface area contributed by atoms with Crippen molar-refractivity contribution in [3.63, 3.8) is 0 Å². The average molecular weight is 187 g/mol. The molecule has 0 fully saturated rings. The topological polar surface area (TPSA) is 41.6 Å². The van der Waals surface area contributed by atoms with Crippen LogP contribution in [0, 0.1) is 13.8 Å². The van der Waals surface area contributed by atoms with Crippen molar-refractivity contribution >= 4 is 0 Å². The van der Waals surface area contributed by atoms with Crippen LogP contribution in [0.1, 0.15) is 22.8 Å². The van der Waals surface area contributed by atoms with E-state index in [2.05, 4.69) is 21.0 Å². The Bertz CT molecular complexity index is 418. The van der Waals surface area contributed by atoms with Gasteiger partial charge in [0.25, 0.3) is 0 Å². The Morgan fingerprint density at radius 2 is 2.21 bits per heavy atom. The molecule has 0 aliphatic heterocycles. The molecule has 0 radical (unpaired) electrons. The molecule has 0 amide bonds. The zero-order valence-electron chi connectivity index (χ0n) is 8.41. The maximum atomic E-state index is 4.47. The molecule has 0 aliphatic carbocycles. The molecule has 0 spiro atoms. The minimum atomic E-state index is 0.827. The third-order valence-electron chi connectivity index (χ3n) is 2.19. The lowest BCUT2D eigenvalue weighted by Crippen LogP contribution is -2.00. The van der Waals surface area contributed by atoms with Gasteiger partial charge in [-0.2, -0.15) is 0 Å². The van der Waals surface area contributed by atoms with Crippen molar-refractivity contribution in [3.8, 4) is 0 Å². The predicted molar refractivity (Wildman–Crippen MR) is 55.1 cm³/mol. The molecule has 72 valence electrons.